The number of rotatable bonds is 6. The Bertz CT molecular complexity index is 841. The van der Waals surface area contributed by atoms with Crippen molar-refractivity contribution in [3.63, 3.8) is 0 Å². The Morgan fingerprint density at radius 1 is 1.17 bits per heavy atom. The van der Waals surface area contributed by atoms with Gasteiger partial charge in [0, 0.05) is 13.1 Å². The first kappa shape index (κ1) is 21.9. The number of piperidine rings is 1. The highest BCUT2D eigenvalue weighted by molar-refractivity contribution is 6.42. The molecule has 4 nitrogen and oxygen atoms in total. The number of ether oxygens (including phenoxy) is 1. The number of hydrogen-bond donors (Lipinski definition) is 0. The van der Waals surface area contributed by atoms with E-state index < -0.39 is 0 Å². The first-order chi connectivity index (χ1) is 13.9. The summed E-state index contributed by atoms with van der Waals surface area (Å²) >= 11 is 12.1. The van der Waals surface area contributed by atoms with Crippen LogP contribution in [0.1, 0.15) is 36.4 Å². The molecule has 1 aliphatic rings. The topological polar surface area (TPSA) is 32.8 Å². The highest BCUT2D eigenvalue weighted by Crippen LogP contribution is 2.33. The summed E-state index contributed by atoms with van der Waals surface area (Å²) in [6.07, 6.45) is 3.73. The van der Waals surface area contributed by atoms with Gasteiger partial charge in [-0.15, -0.1) is 0 Å². The van der Waals surface area contributed by atoms with Crippen molar-refractivity contribution in [1.82, 2.24) is 9.80 Å². The third-order valence-corrected chi connectivity index (χ3v) is 6.54. The van der Waals surface area contributed by atoms with E-state index in [0.29, 0.717) is 10.0 Å². The molecule has 3 rings (SSSR count). The van der Waals surface area contributed by atoms with E-state index in [9.17, 15) is 4.79 Å². The average Bonchev–Trinajstić information content (AvgIpc) is 2.72. The van der Waals surface area contributed by atoms with Crippen LogP contribution in [-0.4, -0.2) is 49.5 Å². The molecule has 0 radical (unpaired) electrons. The molecule has 0 bridgehead atoms. The maximum atomic E-state index is 13.2. The van der Waals surface area contributed by atoms with Crippen LogP contribution in [0.15, 0.2) is 42.5 Å². The minimum atomic E-state index is -0.0264. The van der Waals surface area contributed by atoms with Crippen LogP contribution in [0.2, 0.25) is 10.0 Å². The van der Waals surface area contributed by atoms with Gasteiger partial charge in [-0.2, -0.15) is 0 Å². The zero-order valence-corrected chi connectivity index (χ0v) is 18.7. The van der Waals surface area contributed by atoms with Crippen molar-refractivity contribution in [2.45, 2.75) is 37.8 Å². The molecule has 0 aromatic heterocycles. The molecule has 2 aromatic rings. The third kappa shape index (κ3) is 5.25. The lowest BCUT2D eigenvalue weighted by Gasteiger charge is -2.42. The quantitative estimate of drug-likeness (QED) is 0.623. The van der Waals surface area contributed by atoms with Crippen molar-refractivity contribution in [1.29, 1.82) is 0 Å². The molecule has 1 heterocycles. The molecule has 156 valence electrons. The maximum absolute atomic E-state index is 13.2. The van der Waals surface area contributed by atoms with Crippen LogP contribution < -0.4 is 4.74 Å². The monoisotopic (exact) mass is 434 g/mol. The largest absolute Gasteiger partial charge is 0.497 e. The minimum absolute atomic E-state index is 0.0264. The number of nitrogens with zero attached hydrogens (tertiary/aromatic N) is 2. The van der Waals surface area contributed by atoms with Gasteiger partial charge in [0.2, 0.25) is 5.91 Å². The van der Waals surface area contributed by atoms with Crippen molar-refractivity contribution in [3.8, 4) is 5.75 Å². The molecular formula is C23H28Cl2N2O2. The van der Waals surface area contributed by atoms with Crippen LogP contribution in [0.25, 0.3) is 0 Å². The molecule has 0 saturated carbocycles. The van der Waals surface area contributed by atoms with E-state index in [1.165, 1.54) is 12.8 Å². The summed E-state index contributed by atoms with van der Waals surface area (Å²) in [6, 6.07) is 13.7. The molecule has 2 aromatic carbocycles. The number of halogens is 2. The van der Waals surface area contributed by atoms with Gasteiger partial charge in [0.25, 0.3) is 0 Å². The molecule has 1 fully saturated rings. The van der Waals surface area contributed by atoms with Crippen LogP contribution >= 0.6 is 23.2 Å². The van der Waals surface area contributed by atoms with E-state index in [-0.39, 0.29) is 24.4 Å². The number of amides is 1. The normalized spacial score (nSPS) is 18.3. The summed E-state index contributed by atoms with van der Waals surface area (Å²) in [6.45, 7) is 1.05. The number of methoxy groups -OCH3 is 1. The summed E-state index contributed by atoms with van der Waals surface area (Å²) in [5, 5.41) is 0.967. The molecule has 6 heteroatoms. The van der Waals surface area contributed by atoms with Crippen molar-refractivity contribution >= 4 is 29.1 Å². The van der Waals surface area contributed by atoms with Gasteiger partial charge >= 0.3 is 0 Å². The molecular weight excluding hydrogens is 407 g/mol. The zero-order valence-electron chi connectivity index (χ0n) is 17.2. The van der Waals surface area contributed by atoms with Crippen LogP contribution in [0.5, 0.6) is 5.75 Å². The number of hydrogen-bond acceptors (Lipinski definition) is 3. The van der Waals surface area contributed by atoms with Gasteiger partial charge in [-0.25, -0.2) is 0 Å². The van der Waals surface area contributed by atoms with Crippen molar-refractivity contribution < 1.29 is 9.53 Å². The highest BCUT2D eigenvalue weighted by Gasteiger charge is 2.33. The lowest BCUT2D eigenvalue weighted by molar-refractivity contribution is -0.133. The fourth-order valence-corrected chi connectivity index (χ4v) is 4.43. The first-order valence-corrected chi connectivity index (χ1v) is 10.7. The number of likely N-dealkylation sites (tertiary alicyclic amines) is 1. The molecule has 1 amide bonds. The summed E-state index contributed by atoms with van der Waals surface area (Å²) in [5.41, 5.74) is 1.98. The molecule has 0 spiro atoms. The zero-order chi connectivity index (χ0) is 21.0. The van der Waals surface area contributed by atoms with Gasteiger partial charge < -0.3 is 14.5 Å². The lowest BCUT2D eigenvalue weighted by atomic mass is 9.90. The van der Waals surface area contributed by atoms with E-state index in [1.54, 1.807) is 19.2 Å². The van der Waals surface area contributed by atoms with Crippen molar-refractivity contribution in [3.05, 3.63) is 63.6 Å². The standard InChI is InChI=1S/C23H28Cl2N2O2/c1-26-13-5-4-6-21(26)23(17-8-10-18(29-3)11-9-17)27(2)22(28)15-16-7-12-19(24)20(25)14-16/h7-12,14,21,23H,4-6,13,15H2,1-3H3. The van der Waals surface area contributed by atoms with Crippen LogP contribution in [0.3, 0.4) is 0 Å². The number of carbonyl (C=O) groups excluding carboxylic acids is 1. The Labute approximate surface area is 183 Å². The SMILES string of the molecule is COc1ccc(C(C2CCCCN2C)N(C)C(=O)Cc2ccc(Cl)c(Cl)c2)cc1. The van der Waals surface area contributed by atoms with Gasteiger partial charge in [0.1, 0.15) is 5.75 Å². The molecule has 0 aliphatic carbocycles. The van der Waals surface area contributed by atoms with Crippen LogP contribution in [0, 0.1) is 0 Å². The molecule has 29 heavy (non-hydrogen) atoms. The van der Waals surface area contributed by atoms with Gasteiger partial charge in [0.15, 0.2) is 0 Å². The predicted molar refractivity (Wildman–Crippen MR) is 119 cm³/mol. The first-order valence-electron chi connectivity index (χ1n) is 9.94. The summed E-state index contributed by atoms with van der Waals surface area (Å²) in [4.78, 5) is 17.5. The minimum Gasteiger partial charge on any atom is -0.497 e. The van der Waals surface area contributed by atoms with Crippen molar-refractivity contribution in [2.24, 2.45) is 0 Å². The maximum Gasteiger partial charge on any atom is 0.227 e. The van der Waals surface area contributed by atoms with Gasteiger partial charge in [-0.05, 0) is 61.8 Å². The highest BCUT2D eigenvalue weighted by atomic mass is 35.5. The third-order valence-electron chi connectivity index (χ3n) is 5.80. The average molecular weight is 435 g/mol. The van der Waals surface area contributed by atoms with E-state index in [2.05, 4.69) is 24.1 Å². The fourth-order valence-electron chi connectivity index (χ4n) is 4.11. The summed E-state index contributed by atoms with van der Waals surface area (Å²) in [5.74, 6) is 0.873. The second-order valence-corrected chi connectivity index (χ2v) is 8.51. The predicted octanol–water partition coefficient (Wildman–Crippen LogP) is 5.23. The Hall–Kier alpha value is -1.75. The molecule has 0 N–H and O–H groups in total. The Balaban J connectivity index is 1.86. The van der Waals surface area contributed by atoms with Crippen LogP contribution in [0.4, 0.5) is 0 Å². The molecule has 1 saturated heterocycles. The Morgan fingerprint density at radius 3 is 2.52 bits per heavy atom. The number of likely N-dealkylation sites (N-methyl/N-ethyl adjacent to an activating group) is 2. The number of carbonyl (C=O) groups is 1. The second-order valence-electron chi connectivity index (χ2n) is 7.69. The smallest absolute Gasteiger partial charge is 0.227 e. The van der Waals surface area contributed by atoms with Gasteiger partial charge in [0.05, 0.1) is 29.6 Å². The fraction of sp³-hybridized carbons (Fsp3) is 0.435. The van der Waals surface area contributed by atoms with Gasteiger partial charge in [-0.3, -0.25) is 4.79 Å². The molecule has 2 unspecified atom stereocenters. The Kier molecular flexibility index (Phi) is 7.44. The number of benzene rings is 2. The van der Waals surface area contributed by atoms with Gasteiger partial charge in [-0.1, -0.05) is 47.8 Å². The Morgan fingerprint density at radius 2 is 1.90 bits per heavy atom. The summed E-state index contributed by atoms with van der Waals surface area (Å²) in [7, 11) is 5.71. The van der Waals surface area contributed by atoms with Crippen molar-refractivity contribution in [2.75, 3.05) is 27.7 Å². The van der Waals surface area contributed by atoms with E-state index in [1.807, 2.05) is 30.1 Å². The molecule has 2 atom stereocenters. The van der Waals surface area contributed by atoms with Crippen LogP contribution in [-0.2, 0) is 11.2 Å². The lowest BCUT2D eigenvalue weighted by Crippen LogP contribution is -2.48. The van der Waals surface area contributed by atoms with E-state index >= 15 is 0 Å². The summed E-state index contributed by atoms with van der Waals surface area (Å²) < 4.78 is 5.31. The van der Waals surface area contributed by atoms with E-state index in [0.717, 1.165) is 29.8 Å². The second kappa shape index (κ2) is 9.84. The molecule has 1 aliphatic heterocycles. The van der Waals surface area contributed by atoms with E-state index in [4.69, 9.17) is 27.9 Å².